The molecule has 4 rings (SSSR count). The number of rotatable bonds is 4. The van der Waals surface area contributed by atoms with Gasteiger partial charge < -0.3 is 10.3 Å². The Labute approximate surface area is 148 Å². The average molecular weight is 352 g/mol. The molecule has 6 nitrogen and oxygen atoms in total. The number of carbonyl (C=O) groups excluding carboxylic acids is 1. The van der Waals surface area contributed by atoms with Gasteiger partial charge in [-0.25, -0.2) is 9.67 Å². The van der Waals surface area contributed by atoms with Crippen LogP contribution in [-0.4, -0.2) is 25.7 Å². The van der Waals surface area contributed by atoms with Gasteiger partial charge in [-0.1, -0.05) is 23.7 Å². The van der Waals surface area contributed by atoms with E-state index in [1.165, 1.54) is 6.33 Å². The predicted octanol–water partition coefficient (Wildman–Crippen LogP) is 3.71. The Bertz CT molecular complexity index is 1020. The first-order valence-electron chi connectivity index (χ1n) is 7.68. The van der Waals surface area contributed by atoms with Gasteiger partial charge in [0.05, 0.1) is 6.54 Å². The summed E-state index contributed by atoms with van der Waals surface area (Å²) in [5.74, 6) is -0.198. The SMILES string of the molecule is O=C(Nc1ccc(Cn2cncn2)cc1)c1cc2cc(Cl)ccc2[nH]1. The first kappa shape index (κ1) is 15.4. The minimum absolute atomic E-state index is 0.198. The Balaban J connectivity index is 1.47. The van der Waals surface area contributed by atoms with Crippen molar-refractivity contribution in [1.82, 2.24) is 19.7 Å². The average Bonchev–Trinajstić information content (AvgIpc) is 3.25. The summed E-state index contributed by atoms with van der Waals surface area (Å²) in [7, 11) is 0. The molecule has 1 amide bonds. The van der Waals surface area contributed by atoms with Crippen molar-refractivity contribution in [3.05, 3.63) is 77.5 Å². The highest BCUT2D eigenvalue weighted by Crippen LogP contribution is 2.21. The van der Waals surface area contributed by atoms with Gasteiger partial charge in [-0.15, -0.1) is 0 Å². The minimum Gasteiger partial charge on any atom is -0.351 e. The normalized spacial score (nSPS) is 10.9. The standard InChI is InChI=1S/C18H14ClN5O/c19-14-3-6-16-13(7-14)8-17(23-16)18(25)22-15-4-1-12(2-5-15)9-24-11-20-10-21-24/h1-8,10-11,23H,9H2,(H,22,25). The molecule has 0 aliphatic carbocycles. The third-order valence-electron chi connectivity index (χ3n) is 3.85. The Hall–Kier alpha value is -3.12. The number of nitrogens with one attached hydrogen (secondary N) is 2. The van der Waals surface area contributed by atoms with Crippen LogP contribution < -0.4 is 5.32 Å². The highest BCUT2D eigenvalue weighted by Gasteiger charge is 2.10. The van der Waals surface area contributed by atoms with Gasteiger partial charge in [0.2, 0.25) is 0 Å². The van der Waals surface area contributed by atoms with Gasteiger partial charge in [0.15, 0.2) is 0 Å². The number of hydrogen-bond donors (Lipinski definition) is 2. The van der Waals surface area contributed by atoms with Gasteiger partial charge in [0.1, 0.15) is 18.3 Å². The molecule has 0 radical (unpaired) electrons. The number of halogens is 1. The molecule has 2 aromatic carbocycles. The molecular weight excluding hydrogens is 338 g/mol. The van der Waals surface area contributed by atoms with Crippen LogP contribution in [0.4, 0.5) is 5.69 Å². The van der Waals surface area contributed by atoms with Crippen molar-refractivity contribution in [2.24, 2.45) is 0 Å². The van der Waals surface area contributed by atoms with Crippen LogP contribution in [0, 0.1) is 0 Å². The number of fused-ring (bicyclic) bond motifs is 1. The molecule has 0 unspecified atom stereocenters. The predicted molar refractivity (Wildman–Crippen MR) is 96.8 cm³/mol. The van der Waals surface area contributed by atoms with Crippen molar-refractivity contribution < 1.29 is 4.79 Å². The second-order valence-corrected chi connectivity index (χ2v) is 6.10. The molecule has 2 aromatic heterocycles. The molecule has 4 aromatic rings. The Morgan fingerprint density at radius 2 is 2.00 bits per heavy atom. The van der Waals surface area contributed by atoms with Crippen molar-refractivity contribution in [2.75, 3.05) is 5.32 Å². The maximum Gasteiger partial charge on any atom is 0.272 e. The fourth-order valence-corrected chi connectivity index (χ4v) is 2.80. The van der Waals surface area contributed by atoms with E-state index in [9.17, 15) is 4.79 Å². The van der Waals surface area contributed by atoms with E-state index in [1.807, 2.05) is 36.4 Å². The molecule has 2 heterocycles. The van der Waals surface area contributed by atoms with Crippen LogP contribution in [0.2, 0.25) is 5.02 Å². The number of aromatic nitrogens is 4. The molecule has 0 saturated heterocycles. The number of hydrogen-bond acceptors (Lipinski definition) is 3. The molecule has 124 valence electrons. The fourth-order valence-electron chi connectivity index (χ4n) is 2.62. The molecule has 0 spiro atoms. The molecule has 0 atom stereocenters. The van der Waals surface area contributed by atoms with Crippen LogP contribution in [-0.2, 0) is 6.54 Å². The smallest absolute Gasteiger partial charge is 0.272 e. The van der Waals surface area contributed by atoms with Crippen LogP contribution in [0.15, 0.2) is 61.2 Å². The number of carbonyl (C=O) groups is 1. The van der Waals surface area contributed by atoms with Crippen molar-refractivity contribution in [1.29, 1.82) is 0 Å². The van der Waals surface area contributed by atoms with E-state index >= 15 is 0 Å². The number of benzene rings is 2. The maximum absolute atomic E-state index is 12.4. The molecule has 7 heteroatoms. The maximum atomic E-state index is 12.4. The van der Waals surface area contributed by atoms with Crippen LogP contribution in [0.1, 0.15) is 16.1 Å². The highest BCUT2D eigenvalue weighted by molar-refractivity contribution is 6.31. The molecule has 0 aliphatic heterocycles. The summed E-state index contributed by atoms with van der Waals surface area (Å²) >= 11 is 5.98. The van der Waals surface area contributed by atoms with Crippen molar-refractivity contribution in [3.8, 4) is 0 Å². The largest absolute Gasteiger partial charge is 0.351 e. The zero-order valence-electron chi connectivity index (χ0n) is 13.1. The topological polar surface area (TPSA) is 75.6 Å². The third kappa shape index (κ3) is 3.39. The molecule has 0 bridgehead atoms. The fraction of sp³-hybridized carbons (Fsp3) is 0.0556. The Morgan fingerprint density at radius 3 is 2.76 bits per heavy atom. The van der Waals surface area contributed by atoms with E-state index in [0.29, 0.717) is 17.3 Å². The first-order chi connectivity index (χ1) is 12.2. The second kappa shape index (κ2) is 6.41. The number of amides is 1. The van der Waals surface area contributed by atoms with Crippen molar-refractivity contribution in [3.63, 3.8) is 0 Å². The summed E-state index contributed by atoms with van der Waals surface area (Å²) < 4.78 is 1.74. The van der Waals surface area contributed by atoms with Gasteiger partial charge in [-0.3, -0.25) is 4.79 Å². The summed E-state index contributed by atoms with van der Waals surface area (Å²) in [5, 5.41) is 8.50. The molecule has 0 saturated carbocycles. The third-order valence-corrected chi connectivity index (χ3v) is 4.09. The van der Waals surface area contributed by atoms with Crippen LogP contribution in [0.25, 0.3) is 10.9 Å². The van der Waals surface area contributed by atoms with Crippen LogP contribution >= 0.6 is 11.6 Å². The zero-order chi connectivity index (χ0) is 17.2. The van der Waals surface area contributed by atoms with Gasteiger partial charge in [-0.05, 0) is 42.0 Å². The van der Waals surface area contributed by atoms with Crippen LogP contribution in [0.3, 0.4) is 0 Å². The molecule has 2 N–H and O–H groups in total. The Kier molecular flexibility index (Phi) is 3.95. The molecule has 0 aliphatic rings. The van der Waals surface area contributed by atoms with Gasteiger partial charge in [-0.2, -0.15) is 5.10 Å². The number of aromatic amines is 1. The Morgan fingerprint density at radius 1 is 1.16 bits per heavy atom. The van der Waals surface area contributed by atoms with E-state index < -0.39 is 0 Å². The lowest BCUT2D eigenvalue weighted by Crippen LogP contribution is -2.12. The van der Waals surface area contributed by atoms with Crippen molar-refractivity contribution in [2.45, 2.75) is 6.54 Å². The van der Waals surface area contributed by atoms with E-state index in [-0.39, 0.29) is 5.91 Å². The lowest BCUT2D eigenvalue weighted by Gasteiger charge is -2.06. The summed E-state index contributed by atoms with van der Waals surface area (Å²) in [6, 6.07) is 14.9. The molecule has 0 fully saturated rings. The summed E-state index contributed by atoms with van der Waals surface area (Å²) in [6.07, 6.45) is 3.17. The first-order valence-corrected chi connectivity index (χ1v) is 8.06. The van der Waals surface area contributed by atoms with Gasteiger partial charge in [0.25, 0.3) is 5.91 Å². The second-order valence-electron chi connectivity index (χ2n) is 5.66. The number of H-pyrrole nitrogens is 1. The van der Waals surface area contributed by atoms with Gasteiger partial charge >= 0.3 is 0 Å². The monoisotopic (exact) mass is 351 g/mol. The van der Waals surface area contributed by atoms with E-state index in [0.717, 1.165) is 22.2 Å². The summed E-state index contributed by atoms with van der Waals surface area (Å²) in [4.78, 5) is 19.4. The van der Waals surface area contributed by atoms with E-state index in [2.05, 4.69) is 20.4 Å². The van der Waals surface area contributed by atoms with Gasteiger partial charge in [0, 0.05) is 21.6 Å². The zero-order valence-corrected chi connectivity index (χ0v) is 13.9. The number of anilines is 1. The van der Waals surface area contributed by atoms with E-state index in [4.69, 9.17) is 11.6 Å². The lowest BCUT2D eigenvalue weighted by atomic mass is 10.2. The summed E-state index contributed by atoms with van der Waals surface area (Å²) in [5.41, 5.74) is 3.16. The summed E-state index contributed by atoms with van der Waals surface area (Å²) in [6.45, 7) is 0.636. The van der Waals surface area contributed by atoms with Crippen molar-refractivity contribution >= 4 is 34.1 Å². The van der Waals surface area contributed by atoms with Crippen LogP contribution in [0.5, 0.6) is 0 Å². The highest BCUT2D eigenvalue weighted by atomic mass is 35.5. The lowest BCUT2D eigenvalue weighted by molar-refractivity contribution is 0.102. The van der Waals surface area contributed by atoms with E-state index in [1.54, 1.807) is 23.1 Å². The molecule has 25 heavy (non-hydrogen) atoms. The minimum atomic E-state index is -0.198. The quantitative estimate of drug-likeness (QED) is 0.588. The molecular formula is C18H14ClN5O. The number of nitrogens with zero attached hydrogens (tertiary/aromatic N) is 3.